The van der Waals surface area contributed by atoms with Gasteiger partial charge in [0.25, 0.3) is 5.91 Å². The highest BCUT2D eigenvalue weighted by Crippen LogP contribution is 2.39. The lowest BCUT2D eigenvalue weighted by atomic mass is 10.0. The molecule has 3 aromatic carbocycles. The van der Waals surface area contributed by atoms with E-state index in [0.717, 1.165) is 39.8 Å². The Hall–Kier alpha value is -2.63. The molecular formula is C25H23NO2S2. The van der Waals surface area contributed by atoms with E-state index in [4.69, 9.17) is 17.0 Å². The molecule has 0 N–H and O–H groups in total. The molecule has 3 nitrogen and oxygen atoms in total. The first-order valence-electron chi connectivity index (χ1n) is 9.99. The summed E-state index contributed by atoms with van der Waals surface area (Å²) in [6.45, 7) is 6.81. The van der Waals surface area contributed by atoms with Gasteiger partial charge in [-0.25, -0.2) is 0 Å². The zero-order valence-corrected chi connectivity index (χ0v) is 18.9. The highest BCUT2D eigenvalue weighted by Gasteiger charge is 2.33. The van der Waals surface area contributed by atoms with Crippen LogP contribution in [0, 0.1) is 13.8 Å². The van der Waals surface area contributed by atoms with E-state index in [1.54, 1.807) is 4.90 Å². The lowest BCUT2D eigenvalue weighted by Crippen LogP contribution is -2.27. The van der Waals surface area contributed by atoms with Crippen molar-refractivity contribution in [2.24, 2.45) is 0 Å². The third-order valence-electron chi connectivity index (χ3n) is 5.21. The van der Waals surface area contributed by atoms with E-state index in [9.17, 15) is 4.79 Å². The van der Waals surface area contributed by atoms with Crippen LogP contribution in [0.2, 0.25) is 0 Å². The molecule has 152 valence electrons. The van der Waals surface area contributed by atoms with E-state index in [1.807, 2.05) is 49.4 Å². The predicted molar refractivity (Wildman–Crippen MR) is 131 cm³/mol. The molecule has 3 aromatic rings. The SMILES string of the molecule is CCCOc1ccc2ccccc2c1/C=C1\SC(=S)N(c2ccc(C)c(C)c2)C1=O. The van der Waals surface area contributed by atoms with Gasteiger partial charge in [-0.05, 0) is 66.4 Å². The number of amides is 1. The van der Waals surface area contributed by atoms with E-state index in [-0.39, 0.29) is 5.91 Å². The zero-order chi connectivity index (χ0) is 21.3. The van der Waals surface area contributed by atoms with Crippen molar-refractivity contribution in [2.75, 3.05) is 11.5 Å². The molecule has 0 atom stereocenters. The summed E-state index contributed by atoms with van der Waals surface area (Å²) in [6.07, 6.45) is 2.84. The molecule has 4 rings (SSSR count). The summed E-state index contributed by atoms with van der Waals surface area (Å²) in [5.41, 5.74) is 4.05. The van der Waals surface area contributed by atoms with Crippen molar-refractivity contribution in [1.82, 2.24) is 0 Å². The van der Waals surface area contributed by atoms with Crippen molar-refractivity contribution in [1.29, 1.82) is 0 Å². The summed E-state index contributed by atoms with van der Waals surface area (Å²) in [5, 5.41) is 2.17. The molecule has 0 aromatic heterocycles. The molecule has 1 aliphatic heterocycles. The third-order valence-corrected chi connectivity index (χ3v) is 6.51. The van der Waals surface area contributed by atoms with Gasteiger partial charge in [0.1, 0.15) is 5.75 Å². The van der Waals surface area contributed by atoms with Gasteiger partial charge in [0.15, 0.2) is 4.32 Å². The fourth-order valence-corrected chi connectivity index (χ4v) is 4.73. The van der Waals surface area contributed by atoms with E-state index >= 15 is 0 Å². The molecule has 0 spiro atoms. The molecule has 0 saturated carbocycles. The highest BCUT2D eigenvalue weighted by molar-refractivity contribution is 8.27. The summed E-state index contributed by atoms with van der Waals surface area (Å²) in [7, 11) is 0. The van der Waals surface area contributed by atoms with E-state index < -0.39 is 0 Å². The topological polar surface area (TPSA) is 29.5 Å². The third kappa shape index (κ3) is 3.87. The molecule has 1 saturated heterocycles. The van der Waals surface area contributed by atoms with E-state index in [0.29, 0.717) is 15.8 Å². The number of rotatable bonds is 5. The molecule has 5 heteroatoms. The average Bonchev–Trinajstić information content (AvgIpc) is 3.02. The second-order valence-electron chi connectivity index (χ2n) is 7.33. The zero-order valence-electron chi connectivity index (χ0n) is 17.3. The van der Waals surface area contributed by atoms with Gasteiger partial charge in [0.05, 0.1) is 17.2 Å². The van der Waals surface area contributed by atoms with Crippen molar-refractivity contribution >= 4 is 56.7 Å². The van der Waals surface area contributed by atoms with Crippen LogP contribution in [0.15, 0.2) is 59.5 Å². The number of fused-ring (bicyclic) bond motifs is 1. The van der Waals surface area contributed by atoms with Crippen LogP contribution in [0.4, 0.5) is 5.69 Å². The van der Waals surface area contributed by atoms with Crippen LogP contribution >= 0.6 is 24.0 Å². The number of aryl methyl sites for hydroxylation is 2. The highest BCUT2D eigenvalue weighted by atomic mass is 32.2. The number of carbonyl (C=O) groups is 1. The number of nitrogens with zero attached hydrogens (tertiary/aromatic N) is 1. The first kappa shape index (κ1) is 20.6. The normalized spacial score (nSPS) is 15.4. The van der Waals surface area contributed by atoms with Crippen LogP contribution in [-0.2, 0) is 4.79 Å². The Balaban J connectivity index is 1.78. The van der Waals surface area contributed by atoms with E-state index in [2.05, 4.69) is 32.0 Å². The molecule has 1 fully saturated rings. The number of thioether (sulfide) groups is 1. The molecule has 0 bridgehead atoms. The monoisotopic (exact) mass is 433 g/mol. The van der Waals surface area contributed by atoms with Crippen molar-refractivity contribution in [2.45, 2.75) is 27.2 Å². The summed E-state index contributed by atoms with van der Waals surface area (Å²) in [4.78, 5) is 15.5. The number of anilines is 1. The summed E-state index contributed by atoms with van der Waals surface area (Å²) >= 11 is 6.90. The van der Waals surface area contributed by atoms with Crippen LogP contribution in [0.25, 0.3) is 16.8 Å². The molecule has 30 heavy (non-hydrogen) atoms. The first-order valence-corrected chi connectivity index (χ1v) is 11.2. The average molecular weight is 434 g/mol. The molecule has 0 unspecified atom stereocenters. The number of benzene rings is 3. The second-order valence-corrected chi connectivity index (χ2v) is 9.01. The molecule has 0 radical (unpaired) electrons. The van der Waals surface area contributed by atoms with Crippen LogP contribution < -0.4 is 9.64 Å². The minimum atomic E-state index is -0.0948. The Labute approximate surface area is 186 Å². The van der Waals surface area contributed by atoms with Crippen molar-refractivity contribution in [3.63, 3.8) is 0 Å². The van der Waals surface area contributed by atoms with Crippen molar-refractivity contribution in [3.8, 4) is 5.75 Å². The number of carbonyl (C=O) groups excluding carboxylic acids is 1. The standard InChI is InChI=1S/C25H23NO2S2/c1-4-13-28-22-12-10-18-7-5-6-8-20(18)21(22)15-23-24(27)26(25(29)30-23)19-11-9-16(2)17(3)14-19/h5-12,14-15H,4,13H2,1-3H3/b23-15-. The maximum atomic E-state index is 13.3. The Morgan fingerprint density at radius 2 is 1.87 bits per heavy atom. The smallest absolute Gasteiger partial charge is 0.270 e. The van der Waals surface area contributed by atoms with Gasteiger partial charge in [-0.2, -0.15) is 0 Å². The summed E-state index contributed by atoms with van der Waals surface area (Å²) < 4.78 is 6.54. The quantitative estimate of drug-likeness (QED) is 0.333. The van der Waals surface area contributed by atoms with Gasteiger partial charge in [-0.1, -0.05) is 67.3 Å². The van der Waals surface area contributed by atoms with Crippen LogP contribution in [0.1, 0.15) is 30.0 Å². The fraction of sp³-hybridized carbons (Fsp3) is 0.200. The van der Waals surface area contributed by atoms with Crippen molar-refractivity contribution in [3.05, 3.63) is 76.2 Å². The lowest BCUT2D eigenvalue weighted by molar-refractivity contribution is -0.113. The summed E-state index contributed by atoms with van der Waals surface area (Å²) in [6, 6.07) is 18.2. The molecule has 1 aliphatic rings. The van der Waals surface area contributed by atoms with Gasteiger partial charge in [0, 0.05) is 5.56 Å². The molecule has 1 amide bonds. The maximum Gasteiger partial charge on any atom is 0.270 e. The fourth-order valence-electron chi connectivity index (χ4n) is 3.45. The largest absolute Gasteiger partial charge is 0.493 e. The molecule has 1 heterocycles. The number of ether oxygens (including phenoxy) is 1. The van der Waals surface area contributed by atoms with Crippen LogP contribution in [0.5, 0.6) is 5.75 Å². The van der Waals surface area contributed by atoms with Crippen LogP contribution in [0.3, 0.4) is 0 Å². The van der Waals surface area contributed by atoms with Gasteiger partial charge < -0.3 is 4.74 Å². The van der Waals surface area contributed by atoms with Gasteiger partial charge in [0.2, 0.25) is 0 Å². The predicted octanol–water partition coefficient (Wildman–Crippen LogP) is 6.65. The minimum Gasteiger partial charge on any atom is -0.493 e. The second kappa shape index (κ2) is 8.62. The Morgan fingerprint density at radius 1 is 1.07 bits per heavy atom. The lowest BCUT2D eigenvalue weighted by Gasteiger charge is -2.16. The van der Waals surface area contributed by atoms with Crippen molar-refractivity contribution < 1.29 is 9.53 Å². The van der Waals surface area contributed by atoms with E-state index in [1.165, 1.54) is 17.3 Å². The molecule has 0 aliphatic carbocycles. The first-order chi connectivity index (χ1) is 14.5. The van der Waals surface area contributed by atoms with Gasteiger partial charge in [-0.3, -0.25) is 9.69 Å². The molecular weight excluding hydrogens is 410 g/mol. The number of hydrogen-bond acceptors (Lipinski definition) is 4. The Bertz CT molecular complexity index is 1180. The van der Waals surface area contributed by atoms with Crippen LogP contribution in [-0.4, -0.2) is 16.8 Å². The number of hydrogen-bond donors (Lipinski definition) is 0. The van der Waals surface area contributed by atoms with Gasteiger partial charge in [-0.15, -0.1) is 0 Å². The Kier molecular flexibility index (Phi) is 5.93. The summed E-state index contributed by atoms with van der Waals surface area (Å²) in [5.74, 6) is 0.689. The number of thiocarbonyl (C=S) groups is 1. The maximum absolute atomic E-state index is 13.3. The minimum absolute atomic E-state index is 0.0948. The van der Waals surface area contributed by atoms with Gasteiger partial charge >= 0.3 is 0 Å². The Morgan fingerprint density at radius 3 is 2.63 bits per heavy atom.